The summed E-state index contributed by atoms with van der Waals surface area (Å²) in [5.41, 5.74) is 3.62. The van der Waals surface area contributed by atoms with E-state index >= 15 is 0 Å². The smallest absolute Gasteiger partial charge is 0.269 e. The lowest BCUT2D eigenvalue weighted by Crippen LogP contribution is -2.42. The average molecular weight is 543 g/mol. The van der Waals surface area contributed by atoms with E-state index in [1.54, 1.807) is 30.5 Å². The summed E-state index contributed by atoms with van der Waals surface area (Å²) in [6, 6.07) is 8.87. The van der Waals surface area contributed by atoms with Gasteiger partial charge in [0.2, 0.25) is 10.0 Å². The third-order valence-electron chi connectivity index (χ3n) is 8.31. The van der Waals surface area contributed by atoms with E-state index in [0.717, 1.165) is 73.7 Å². The van der Waals surface area contributed by atoms with Gasteiger partial charge in [-0.3, -0.25) is 0 Å². The first kappa shape index (κ1) is 24.9. The molecular formula is C27H34N4O4S2. The number of sulfonamides is 1. The van der Waals surface area contributed by atoms with Crippen LogP contribution in [0.25, 0.3) is 11.0 Å². The van der Waals surface area contributed by atoms with Crippen molar-refractivity contribution in [2.45, 2.75) is 81.0 Å². The first-order chi connectivity index (χ1) is 17.7. The fourth-order valence-corrected chi connectivity index (χ4v) is 9.15. The molecule has 3 aromatic rings. The number of fused-ring (bicyclic) bond motifs is 3. The van der Waals surface area contributed by atoms with Crippen LogP contribution in [0.5, 0.6) is 0 Å². The molecule has 37 heavy (non-hydrogen) atoms. The van der Waals surface area contributed by atoms with Crippen LogP contribution in [0.2, 0.25) is 0 Å². The van der Waals surface area contributed by atoms with Crippen molar-refractivity contribution in [3.8, 4) is 0 Å². The number of nitrogens with one attached hydrogen (secondary N) is 1. The Hall–Kier alpha value is -2.43. The van der Waals surface area contributed by atoms with Gasteiger partial charge >= 0.3 is 0 Å². The van der Waals surface area contributed by atoms with Gasteiger partial charge in [0.1, 0.15) is 0 Å². The van der Waals surface area contributed by atoms with Crippen LogP contribution in [-0.4, -0.2) is 49.7 Å². The third-order valence-corrected chi connectivity index (χ3v) is 12.0. The molecule has 1 aliphatic heterocycles. The minimum absolute atomic E-state index is 0.0604. The number of hydrogen-bond acceptors (Lipinski definition) is 6. The lowest BCUT2D eigenvalue weighted by atomic mass is 9.94. The van der Waals surface area contributed by atoms with Crippen LogP contribution >= 0.6 is 0 Å². The Bertz CT molecular complexity index is 1540. The summed E-state index contributed by atoms with van der Waals surface area (Å²) < 4.78 is 56.6. The zero-order valence-corrected chi connectivity index (χ0v) is 22.9. The normalized spacial score (nSPS) is 24.5. The van der Waals surface area contributed by atoms with E-state index in [0.29, 0.717) is 11.6 Å². The second-order valence-electron chi connectivity index (χ2n) is 10.9. The summed E-state index contributed by atoms with van der Waals surface area (Å²) in [6.45, 7) is 4.97. The molecule has 0 radical (unpaired) electrons. The number of pyridine rings is 1. The highest BCUT2D eigenvalue weighted by molar-refractivity contribution is 7.90. The number of aromatic nitrogens is 2. The molecular weight excluding hydrogens is 508 g/mol. The summed E-state index contributed by atoms with van der Waals surface area (Å²) >= 11 is 0. The Balaban J connectivity index is 1.37. The fraction of sp³-hybridized carbons (Fsp3) is 0.519. The molecule has 1 aromatic carbocycles. The van der Waals surface area contributed by atoms with E-state index in [4.69, 9.17) is 0 Å². The van der Waals surface area contributed by atoms with Crippen molar-refractivity contribution in [2.75, 3.05) is 11.4 Å². The molecule has 2 aromatic heterocycles. The van der Waals surface area contributed by atoms with E-state index < -0.39 is 20.0 Å². The third kappa shape index (κ3) is 4.36. The quantitative estimate of drug-likeness (QED) is 0.485. The molecule has 0 bridgehead atoms. The molecule has 3 heterocycles. The van der Waals surface area contributed by atoms with Crippen molar-refractivity contribution in [3.63, 3.8) is 0 Å². The standard InChI is InChI=1S/C27H34N4O4S2/c1-3-19-15-21(29-36(32,33)22-10-11-22)16-25(19)30-13-4-5-20-17-28-27-24(26(20)30)12-14-31(27)37(34,35)23-8-6-18(2)7-9-23/h6-9,12,14,17,19,21-22,25,29H,3-5,10-11,13,15-16H2,1-2H3. The van der Waals surface area contributed by atoms with Gasteiger partial charge in [0.05, 0.1) is 15.8 Å². The Labute approximate surface area is 219 Å². The van der Waals surface area contributed by atoms with Gasteiger partial charge in [0.15, 0.2) is 5.65 Å². The Kier molecular flexibility index (Phi) is 6.12. The van der Waals surface area contributed by atoms with Crippen molar-refractivity contribution >= 4 is 36.8 Å². The van der Waals surface area contributed by atoms with Gasteiger partial charge in [-0.15, -0.1) is 0 Å². The maximum Gasteiger partial charge on any atom is 0.269 e. The monoisotopic (exact) mass is 542 g/mol. The summed E-state index contributed by atoms with van der Waals surface area (Å²) in [4.78, 5) is 7.28. The SMILES string of the molecule is CCC1CC(NS(=O)(=O)C2CC2)CC1N1CCCc2cnc3c(ccn3S(=O)(=O)c3ccc(C)cc3)c21. The molecule has 3 unspecified atom stereocenters. The second kappa shape index (κ2) is 9.10. The lowest BCUT2D eigenvalue weighted by Gasteiger charge is -2.39. The van der Waals surface area contributed by atoms with Crippen molar-refractivity contribution < 1.29 is 16.8 Å². The summed E-state index contributed by atoms with van der Waals surface area (Å²) in [5.74, 6) is 0.361. The van der Waals surface area contributed by atoms with Crippen LogP contribution < -0.4 is 9.62 Å². The molecule has 3 atom stereocenters. The molecule has 6 rings (SSSR count). The zero-order valence-electron chi connectivity index (χ0n) is 21.3. The minimum atomic E-state index is -3.79. The summed E-state index contributed by atoms with van der Waals surface area (Å²) in [7, 11) is -7.03. The van der Waals surface area contributed by atoms with E-state index in [-0.39, 0.29) is 22.2 Å². The molecule has 3 aliphatic rings. The predicted molar refractivity (Wildman–Crippen MR) is 145 cm³/mol. The molecule has 2 aliphatic carbocycles. The van der Waals surface area contributed by atoms with Crippen LogP contribution in [0.1, 0.15) is 56.6 Å². The molecule has 10 heteroatoms. The molecule has 0 amide bonds. The van der Waals surface area contributed by atoms with E-state index in [2.05, 4.69) is 21.5 Å². The van der Waals surface area contributed by atoms with Gasteiger partial charge in [0.25, 0.3) is 10.0 Å². The van der Waals surface area contributed by atoms with Crippen LogP contribution in [0, 0.1) is 12.8 Å². The molecule has 0 saturated heterocycles. The highest BCUT2D eigenvalue weighted by Crippen LogP contribution is 2.42. The maximum absolute atomic E-state index is 13.5. The van der Waals surface area contributed by atoms with Gasteiger partial charge < -0.3 is 4.90 Å². The lowest BCUT2D eigenvalue weighted by molar-refractivity contribution is 0.427. The predicted octanol–water partition coefficient (Wildman–Crippen LogP) is 3.97. The number of hydrogen-bond donors (Lipinski definition) is 1. The molecule has 1 N–H and O–H groups in total. The van der Waals surface area contributed by atoms with Crippen molar-refractivity contribution in [3.05, 3.63) is 53.9 Å². The second-order valence-corrected chi connectivity index (χ2v) is 14.7. The minimum Gasteiger partial charge on any atom is -0.367 e. The van der Waals surface area contributed by atoms with Crippen LogP contribution in [-0.2, 0) is 26.5 Å². The number of nitrogens with zero attached hydrogens (tertiary/aromatic N) is 3. The molecule has 8 nitrogen and oxygen atoms in total. The van der Waals surface area contributed by atoms with E-state index in [1.165, 1.54) is 3.97 Å². The largest absolute Gasteiger partial charge is 0.367 e. The van der Waals surface area contributed by atoms with Crippen LogP contribution in [0.3, 0.4) is 0 Å². The van der Waals surface area contributed by atoms with Crippen molar-refractivity contribution in [1.82, 2.24) is 13.7 Å². The molecule has 198 valence electrons. The van der Waals surface area contributed by atoms with Gasteiger partial charge in [-0.1, -0.05) is 31.0 Å². The Morgan fingerprint density at radius 2 is 1.81 bits per heavy atom. The van der Waals surface area contributed by atoms with Crippen molar-refractivity contribution in [2.24, 2.45) is 5.92 Å². The van der Waals surface area contributed by atoms with Gasteiger partial charge in [0, 0.05) is 36.4 Å². The van der Waals surface area contributed by atoms with E-state index in [1.807, 2.05) is 19.2 Å². The number of aryl methyl sites for hydroxylation is 2. The summed E-state index contributed by atoms with van der Waals surface area (Å²) in [6.07, 6.45) is 9.40. The fourth-order valence-electron chi connectivity index (χ4n) is 6.24. The Morgan fingerprint density at radius 1 is 1.05 bits per heavy atom. The first-order valence-corrected chi connectivity index (χ1v) is 16.3. The average Bonchev–Trinajstić information content (AvgIpc) is 3.53. The van der Waals surface area contributed by atoms with Gasteiger partial charge in [-0.05, 0) is 75.1 Å². The van der Waals surface area contributed by atoms with Crippen molar-refractivity contribution in [1.29, 1.82) is 0 Å². The topological polar surface area (TPSA) is 101 Å². The highest BCUT2D eigenvalue weighted by Gasteiger charge is 2.43. The first-order valence-electron chi connectivity index (χ1n) is 13.3. The van der Waals surface area contributed by atoms with Crippen LogP contribution in [0.4, 0.5) is 5.69 Å². The number of anilines is 1. The van der Waals surface area contributed by atoms with Crippen LogP contribution in [0.15, 0.2) is 47.6 Å². The van der Waals surface area contributed by atoms with Gasteiger partial charge in [-0.2, -0.15) is 0 Å². The van der Waals surface area contributed by atoms with E-state index in [9.17, 15) is 16.8 Å². The summed E-state index contributed by atoms with van der Waals surface area (Å²) in [5, 5.41) is 0.619. The number of rotatable bonds is 7. The molecule has 2 saturated carbocycles. The highest BCUT2D eigenvalue weighted by atomic mass is 32.2. The molecule has 2 fully saturated rings. The number of benzene rings is 1. The maximum atomic E-state index is 13.5. The zero-order chi connectivity index (χ0) is 25.9. The Morgan fingerprint density at radius 3 is 2.51 bits per heavy atom. The molecule has 0 spiro atoms. The van der Waals surface area contributed by atoms with Gasteiger partial charge in [-0.25, -0.2) is 30.5 Å².